The minimum atomic E-state index is -0.971. The molecule has 2 atom stereocenters. The lowest BCUT2D eigenvalue weighted by molar-refractivity contribution is -0.152. The van der Waals surface area contributed by atoms with Crippen molar-refractivity contribution in [1.29, 1.82) is 0 Å². The van der Waals surface area contributed by atoms with Crippen LogP contribution in [0.3, 0.4) is 0 Å². The van der Waals surface area contributed by atoms with Crippen LogP contribution in [0.4, 0.5) is 0 Å². The Kier molecular flexibility index (Phi) is 14.8. The predicted octanol–water partition coefficient (Wildman–Crippen LogP) is 6.33. The highest BCUT2D eigenvalue weighted by atomic mass is 16.2. The van der Waals surface area contributed by atoms with E-state index in [-0.39, 0.29) is 29.5 Å². The second kappa shape index (κ2) is 17.2. The van der Waals surface area contributed by atoms with Crippen LogP contribution in [0.25, 0.3) is 0 Å². The number of rotatable bonds is 18. The van der Waals surface area contributed by atoms with Crippen LogP contribution in [-0.4, -0.2) is 45.8 Å². The molecule has 2 unspecified atom stereocenters. The van der Waals surface area contributed by atoms with Crippen LogP contribution in [0.2, 0.25) is 0 Å². The summed E-state index contributed by atoms with van der Waals surface area (Å²) in [5.41, 5.74) is 1.91. The molecule has 0 aromatic carbocycles. The third-order valence-corrected chi connectivity index (χ3v) is 8.83. The average molecular weight is 577 g/mol. The molecule has 0 bridgehead atoms. The van der Waals surface area contributed by atoms with E-state index >= 15 is 0 Å². The van der Waals surface area contributed by atoms with Gasteiger partial charge in [0.05, 0.1) is 5.92 Å². The standard InChI is InChI=1S/C33H60N4O4/c1-7-8-9-10-11-12-13-14-15-16-17-18-19-20-21-25(2)27-22-28(38)37(31(27)41)35-30(40)29(39)34-26-23-32(3,4)36-33(5,6)24-26/h25-27,36H,7-24H2,1-6H3,(H,34,39)(H,35,40). The van der Waals surface area contributed by atoms with Crippen molar-refractivity contribution in [3.05, 3.63) is 0 Å². The van der Waals surface area contributed by atoms with E-state index < -0.39 is 29.5 Å². The summed E-state index contributed by atoms with van der Waals surface area (Å²) >= 11 is 0. The maximum absolute atomic E-state index is 13.0. The summed E-state index contributed by atoms with van der Waals surface area (Å²) in [4.78, 5) is 50.8. The van der Waals surface area contributed by atoms with Gasteiger partial charge in [-0.3, -0.25) is 19.2 Å². The fourth-order valence-corrected chi connectivity index (χ4v) is 6.91. The van der Waals surface area contributed by atoms with Crippen molar-refractivity contribution in [2.24, 2.45) is 11.8 Å². The predicted molar refractivity (Wildman–Crippen MR) is 165 cm³/mol. The minimum Gasteiger partial charge on any atom is -0.345 e. The molecule has 3 N–H and O–H groups in total. The van der Waals surface area contributed by atoms with Gasteiger partial charge in [-0.2, -0.15) is 5.01 Å². The van der Waals surface area contributed by atoms with Gasteiger partial charge in [0.2, 0.25) is 5.91 Å². The second-order valence-corrected chi connectivity index (χ2v) is 14.2. The lowest BCUT2D eigenvalue weighted by Gasteiger charge is -2.46. The van der Waals surface area contributed by atoms with Crippen molar-refractivity contribution in [2.45, 2.75) is 174 Å². The van der Waals surface area contributed by atoms with E-state index in [1.54, 1.807) is 0 Å². The first-order valence-corrected chi connectivity index (χ1v) is 16.6. The van der Waals surface area contributed by atoms with Crippen molar-refractivity contribution in [3.8, 4) is 0 Å². The molecule has 2 aliphatic rings. The topological polar surface area (TPSA) is 108 Å². The molecule has 4 amide bonds. The Labute approximate surface area is 249 Å². The molecule has 2 fully saturated rings. The molecule has 2 aliphatic heterocycles. The van der Waals surface area contributed by atoms with Gasteiger partial charge in [0.25, 0.3) is 5.91 Å². The Morgan fingerprint density at radius 3 is 1.76 bits per heavy atom. The van der Waals surface area contributed by atoms with Crippen LogP contribution in [0, 0.1) is 11.8 Å². The van der Waals surface area contributed by atoms with Crippen molar-refractivity contribution >= 4 is 23.6 Å². The zero-order chi connectivity index (χ0) is 30.5. The summed E-state index contributed by atoms with van der Waals surface area (Å²) in [5.74, 6) is -3.03. The SMILES string of the molecule is CCCCCCCCCCCCCCCCC(C)C1CC(=O)N(NC(=O)C(=O)NC2CC(C)(C)NC(C)(C)C2)C1=O. The lowest BCUT2D eigenvalue weighted by atomic mass is 9.79. The molecule has 0 radical (unpaired) electrons. The molecule has 8 heteroatoms. The third-order valence-electron chi connectivity index (χ3n) is 8.83. The van der Waals surface area contributed by atoms with E-state index in [4.69, 9.17) is 0 Å². The van der Waals surface area contributed by atoms with E-state index in [1.807, 2.05) is 6.92 Å². The highest BCUT2D eigenvalue weighted by molar-refractivity contribution is 6.35. The maximum Gasteiger partial charge on any atom is 0.328 e. The van der Waals surface area contributed by atoms with Gasteiger partial charge in [0.1, 0.15) is 0 Å². The van der Waals surface area contributed by atoms with Crippen LogP contribution in [-0.2, 0) is 19.2 Å². The number of nitrogens with zero attached hydrogens (tertiary/aromatic N) is 1. The van der Waals surface area contributed by atoms with E-state index in [2.05, 4.69) is 50.7 Å². The number of hydrogen-bond donors (Lipinski definition) is 3. The Balaban J connectivity index is 1.61. The van der Waals surface area contributed by atoms with Crippen LogP contribution < -0.4 is 16.1 Å². The van der Waals surface area contributed by atoms with E-state index in [1.165, 1.54) is 77.0 Å². The van der Waals surface area contributed by atoms with Crippen LogP contribution in [0.1, 0.15) is 157 Å². The van der Waals surface area contributed by atoms with E-state index in [0.29, 0.717) is 12.8 Å². The van der Waals surface area contributed by atoms with Crippen molar-refractivity contribution < 1.29 is 19.2 Å². The number of amides is 4. The number of hydrogen-bond acceptors (Lipinski definition) is 5. The third kappa shape index (κ3) is 12.8. The van der Waals surface area contributed by atoms with Gasteiger partial charge >= 0.3 is 11.8 Å². The van der Waals surface area contributed by atoms with Crippen LogP contribution >= 0.6 is 0 Å². The molecular weight excluding hydrogens is 516 g/mol. The maximum atomic E-state index is 13.0. The van der Waals surface area contributed by atoms with Gasteiger partial charge < -0.3 is 10.6 Å². The summed E-state index contributed by atoms with van der Waals surface area (Å²) in [6.07, 6.45) is 20.6. The molecule has 2 saturated heterocycles. The monoisotopic (exact) mass is 576 g/mol. The van der Waals surface area contributed by atoms with Gasteiger partial charge in [-0.15, -0.1) is 0 Å². The lowest BCUT2D eigenvalue weighted by Crippen LogP contribution is -2.63. The Bertz CT molecular complexity index is 840. The van der Waals surface area contributed by atoms with Crippen LogP contribution in [0.15, 0.2) is 0 Å². The molecule has 236 valence electrons. The summed E-state index contributed by atoms with van der Waals surface area (Å²) in [6.45, 7) is 12.5. The first kappa shape index (κ1) is 35.2. The molecular formula is C33H60N4O4. The number of nitrogens with one attached hydrogen (secondary N) is 3. The zero-order valence-corrected chi connectivity index (χ0v) is 27.0. The molecule has 0 spiro atoms. The Morgan fingerprint density at radius 1 is 0.805 bits per heavy atom. The molecule has 0 saturated carbocycles. The summed E-state index contributed by atoms with van der Waals surface area (Å²) in [7, 11) is 0. The van der Waals surface area contributed by atoms with Gasteiger partial charge in [-0.25, -0.2) is 5.43 Å². The largest absolute Gasteiger partial charge is 0.345 e. The summed E-state index contributed by atoms with van der Waals surface area (Å²) in [5, 5.41) is 7.11. The number of carbonyl (C=O) groups is 4. The van der Waals surface area contributed by atoms with Gasteiger partial charge in [-0.1, -0.05) is 104 Å². The molecule has 8 nitrogen and oxygen atoms in total. The Hall–Kier alpha value is -1.96. The van der Waals surface area contributed by atoms with Crippen molar-refractivity contribution in [1.82, 2.24) is 21.1 Å². The molecule has 0 aromatic heterocycles. The molecule has 0 aliphatic carbocycles. The highest BCUT2D eigenvalue weighted by Crippen LogP contribution is 2.30. The zero-order valence-electron chi connectivity index (χ0n) is 27.0. The van der Waals surface area contributed by atoms with E-state index in [9.17, 15) is 19.2 Å². The van der Waals surface area contributed by atoms with E-state index in [0.717, 1.165) is 24.3 Å². The summed E-state index contributed by atoms with van der Waals surface area (Å²) in [6, 6.07) is -0.178. The normalized spacial score (nSPS) is 21.2. The molecule has 41 heavy (non-hydrogen) atoms. The van der Waals surface area contributed by atoms with Gasteiger partial charge in [0, 0.05) is 23.5 Å². The van der Waals surface area contributed by atoms with Crippen molar-refractivity contribution in [3.63, 3.8) is 0 Å². The minimum absolute atomic E-state index is 0.0544. The fourth-order valence-electron chi connectivity index (χ4n) is 6.91. The number of piperidine rings is 1. The highest BCUT2D eigenvalue weighted by Gasteiger charge is 2.43. The molecule has 2 heterocycles. The number of unbranched alkanes of at least 4 members (excludes halogenated alkanes) is 13. The second-order valence-electron chi connectivity index (χ2n) is 14.2. The average Bonchev–Trinajstić information content (AvgIpc) is 3.15. The molecule has 2 rings (SSSR count). The van der Waals surface area contributed by atoms with Crippen LogP contribution in [0.5, 0.6) is 0 Å². The smallest absolute Gasteiger partial charge is 0.328 e. The number of imide groups is 1. The van der Waals surface area contributed by atoms with Gasteiger partial charge in [0.15, 0.2) is 0 Å². The quantitative estimate of drug-likeness (QED) is 0.100. The van der Waals surface area contributed by atoms with Gasteiger partial charge in [-0.05, 0) is 52.9 Å². The summed E-state index contributed by atoms with van der Waals surface area (Å²) < 4.78 is 0. The molecule has 0 aromatic rings. The first-order chi connectivity index (χ1) is 19.3. The fraction of sp³-hybridized carbons (Fsp3) is 0.879. The number of hydrazine groups is 1. The number of carbonyl (C=O) groups excluding carboxylic acids is 4. The Morgan fingerprint density at radius 2 is 1.27 bits per heavy atom. The first-order valence-electron chi connectivity index (χ1n) is 16.6. The van der Waals surface area contributed by atoms with Crippen molar-refractivity contribution in [2.75, 3.05) is 0 Å².